The Kier molecular flexibility index (Phi) is 5.45. The Balaban J connectivity index is 1.74. The standard InChI is InChI=1S/C23H29N3O2/c1-15(2)19-8-6-7-16(3)20(19)25-22(28)23(13-14-23)21(27)24-17-9-11-18(12-10-17)26(4)5/h6-12,15H,13-14H2,1-5H3,(H,24,27)(H,25,28). The molecule has 28 heavy (non-hydrogen) atoms. The Labute approximate surface area is 167 Å². The monoisotopic (exact) mass is 379 g/mol. The molecule has 0 saturated heterocycles. The SMILES string of the molecule is Cc1cccc(C(C)C)c1NC(=O)C1(C(=O)Nc2ccc(N(C)C)cc2)CC1. The fourth-order valence-corrected chi connectivity index (χ4v) is 3.35. The van der Waals surface area contributed by atoms with E-state index in [1.54, 1.807) is 0 Å². The second kappa shape index (κ2) is 7.66. The van der Waals surface area contributed by atoms with Gasteiger partial charge in [-0.25, -0.2) is 0 Å². The zero-order chi connectivity index (χ0) is 20.5. The van der Waals surface area contributed by atoms with Gasteiger partial charge in [-0.1, -0.05) is 32.0 Å². The van der Waals surface area contributed by atoms with Gasteiger partial charge in [-0.2, -0.15) is 0 Å². The molecule has 5 nitrogen and oxygen atoms in total. The molecular weight excluding hydrogens is 350 g/mol. The molecule has 2 N–H and O–H groups in total. The molecule has 148 valence electrons. The van der Waals surface area contributed by atoms with Crippen LogP contribution in [0.1, 0.15) is 43.7 Å². The lowest BCUT2D eigenvalue weighted by Gasteiger charge is -2.20. The average Bonchev–Trinajstić information content (AvgIpc) is 3.45. The van der Waals surface area contributed by atoms with Crippen LogP contribution in [0.2, 0.25) is 0 Å². The number of hydrogen-bond donors (Lipinski definition) is 2. The molecule has 1 saturated carbocycles. The summed E-state index contributed by atoms with van der Waals surface area (Å²) in [5, 5.41) is 5.96. The van der Waals surface area contributed by atoms with Crippen LogP contribution in [-0.4, -0.2) is 25.9 Å². The Morgan fingerprint density at radius 3 is 2.11 bits per heavy atom. The number of carbonyl (C=O) groups excluding carboxylic acids is 2. The second-order valence-corrected chi connectivity index (χ2v) is 8.13. The average molecular weight is 380 g/mol. The van der Waals surface area contributed by atoms with E-state index in [0.717, 1.165) is 22.5 Å². The van der Waals surface area contributed by atoms with E-state index >= 15 is 0 Å². The Morgan fingerprint density at radius 1 is 0.964 bits per heavy atom. The van der Waals surface area contributed by atoms with Crippen LogP contribution in [0.25, 0.3) is 0 Å². The van der Waals surface area contributed by atoms with Gasteiger partial charge >= 0.3 is 0 Å². The summed E-state index contributed by atoms with van der Waals surface area (Å²) in [6.07, 6.45) is 1.15. The van der Waals surface area contributed by atoms with Gasteiger partial charge in [0.05, 0.1) is 0 Å². The van der Waals surface area contributed by atoms with Crippen molar-refractivity contribution in [2.45, 2.75) is 39.5 Å². The van der Waals surface area contributed by atoms with Gasteiger partial charge in [0.25, 0.3) is 0 Å². The number of para-hydroxylation sites is 1. The van der Waals surface area contributed by atoms with E-state index in [-0.39, 0.29) is 17.7 Å². The highest BCUT2D eigenvalue weighted by molar-refractivity contribution is 6.17. The molecule has 0 aliphatic heterocycles. The number of carbonyl (C=O) groups is 2. The highest BCUT2D eigenvalue weighted by atomic mass is 16.2. The molecule has 1 aliphatic carbocycles. The number of hydrogen-bond acceptors (Lipinski definition) is 3. The molecule has 0 radical (unpaired) electrons. The van der Waals surface area contributed by atoms with Crippen LogP contribution in [0.3, 0.4) is 0 Å². The smallest absolute Gasteiger partial charge is 0.240 e. The van der Waals surface area contributed by atoms with Crippen LogP contribution in [0.4, 0.5) is 17.1 Å². The van der Waals surface area contributed by atoms with Gasteiger partial charge in [0, 0.05) is 31.2 Å². The lowest BCUT2D eigenvalue weighted by atomic mass is 9.97. The second-order valence-electron chi connectivity index (χ2n) is 8.13. The van der Waals surface area contributed by atoms with Crippen LogP contribution in [0.5, 0.6) is 0 Å². The van der Waals surface area contributed by atoms with Crippen molar-refractivity contribution < 1.29 is 9.59 Å². The number of amides is 2. The van der Waals surface area contributed by atoms with Gasteiger partial charge in [-0.15, -0.1) is 0 Å². The van der Waals surface area contributed by atoms with Gasteiger partial charge in [-0.05, 0) is 61.1 Å². The summed E-state index contributed by atoms with van der Waals surface area (Å²) in [5.41, 5.74) is 3.71. The van der Waals surface area contributed by atoms with E-state index in [0.29, 0.717) is 18.5 Å². The molecule has 2 amide bonds. The lowest BCUT2D eigenvalue weighted by Crippen LogP contribution is -2.36. The van der Waals surface area contributed by atoms with E-state index in [9.17, 15) is 9.59 Å². The maximum atomic E-state index is 13.0. The highest BCUT2D eigenvalue weighted by Crippen LogP contribution is 2.48. The predicted octanol–water partition coefficient (Wildman–Crippen LogP) is 4.54. The first kappa shape index (κ1) is 19.9. The number of nitrogens with zero attached hydrogens (tertiary/aromatic N) is 1. The Morgan fingerprint density at radius 2 is 1.57 bits per heavy atom. The van der Waals surface area contributed by atoms with Crippen LogP contribution in [-0.2, 0) is 9.59 Å². The first-order valence-electron chi connectivity index (χ1n) is 9.74. The summed E-state index contributed by atoms with van der Waals surface area (Å²) in [6.45, 7) is 6.18. The van der Waals surface area contributed by atoms with Crippen molar-refractivity contribution in [3.05, 3.63) is 53.6 Å². The van der Waals surface area contributed by atoms with E-state index in [1.807, 2.05) is 68.4 Å². The first-order chi connectivity index (χ1) is 13.2. The summed E-state index contributed by atoms with van der Waals surface area (Å²) in [5.74, 6) is -0.164. The predicted molar refractivity (Wildman–Crippen MR) is 115 cm³/mol. The third kappa shape index (κ3) is 3.88. The third-order valence-corrected chi connectivity index (χ3v) is 5.43. The maximum absolute atomic E-state index is 13.0. The molecule has 0 heterocycles. The summed E-state index contributed by atoms with van der Waals surface area (Å²) < 4.78 is 0. The number of rotatable bonds is 6. The van der Waals surface area contributed by atoms with Crippen molar-refractivity contribution in [3.8, 4) is 0 Å². The molecule has 5 heteroatoms. The Hall–Kier alpha value is -2.82. The molecule has 0 spiro atoms. The largest absolute Gasteiger partial charge is 0.378 e. The molecule has 0 atom stereocenters. The quantitative estimate of drug-likeness (QED) is 0.724. The molecule has 0 bridgehead atoms. The fraction of sp³-hybridized carbons (Fsp3) is 0.391. The minimum Gasteiger partial charge on any atom is -0.378 e. The Bertz CT molecular complexity index is 881. The van der Waals surface area contributed by atoms with Gasteiger partial charge < -0.3 is 15.5 Å². The van der Waals surface area contributed by atoms with Crippen molar-refractivity contribution in [1.29, 1.82) is 0 Å². The highest BCUT2D eigenvalue weighted by Gasteiger charge is 2.56. The van der Waals surface area contributed by atoms with E-state index < -0.39 is 5.41 Å². The summed E-state index contributed by atoms with van der Waals surface area (Å²) in [4.78, 5) is 27.9. The fourth-order valence-electron chi connectivity index (χ4n) is 3.35. The van der Waals surface area contributed by atoms with Crippen LogP contribution >= 0.6 is 0 Å². The van der Waals surface area contributed by atoms with E-state index in [1.165, 1.54) is 0 Å². The summed E-state index contributed by atoms with van der Waals surface area (Å²) in [7, 11) is 3.93. The van der Waals surface area contributed by atoms with E-state index in [2.05, 4.69) is 24.5 Å². The van der Waals surface area contributed by atoms with Crippen molar-refractivity contribution in [2.24, 2.45) is 5.41 Å². The van der Waals surface area contributed by atoms with Crippen molar-refractivity contribution in [1.82, 2.24) is 0 Å². The number of anilines is 3. The molecular formula is C23H29N3O2. The molecule has 3 rings (SSSR count). The molecule has 2 aromatic rings. The van der Waals surface area contributed by atoms with Gasteiger partial charge in [0.2, 0.25) is 11.8 Å². The maximum Gasteiger partial charge on any atom is 0.240 e. The lowest BCUT2D eigenvalue weighted by molar-refractivity contribution is -0.131. The van der Waals surface area contributed by atoms with Gasteiger partial charge in [0.1, 0.15) is 5.41 Å². The zero-order valence-corrected chi connectivity index (χ0v) is 17.3. The van der Waals surface area contributed by atoms with Crippen molar-refractivity contribution in [3.63, 3.8) is 0 Å². The van der Waals surface area contributed by atoms with Gasteiger partial charge in [0.15, 0.2) is 0 Å². The minimum atomic E-state index is -0.975. The molecule has 1 fully saturated rings. The van der Waals surface area contributed by atoms with E-state index in [4.69, 9.17) is 0 Å². The zero-order valence-electron chi connectivity index (χ0n) is 17.3. The molecule has 0 aromatic heterocycles. The third-order valence-electron chi connectivity index (χ3n) is 5.43. The molecule has 1 aliphatic rings. The molecule has 0 unspecified atom stereocenters. The minimum absolute atomic E-state index is 0.217. The van der Waals surface area contributed by atoms with Crippen molar-refractivity contribution >= 4 is 28.9 Å². The molecule has 2 aromatic carbocycles. The number of aryl methyl sites for hydroxylation is 1. The van der Waals surface area contributed by atoms with Crippen LogP contribution in [0, 0.1) is 12.3 Å². The number of benzene rings is 2. The van der Waals surface area contributed by atoms with Gasteiger partial charge in [-0.3, -0.25) is 9.59 Å². The summed E-state index contributed by atoms with van der Waals surface area (Å²) in [6, 6.07) is 13.6. The number of nitrogens with one attached hydrogen (secondary N) is 2. The van der Waals surface area contributed by atoms with Crippen molar-refractivity contribution in [2.75, 3.05) is 29.6 Å². The van der Waals surface area contributed by atoms with Crippen LogP contribution in [0.15, 0.2) is 42.5 Å². The van der Waals surface area contributed by atoms with Crippen LogP contribution < -0.4 is 15.5 Å². The summed E-state index contributed by atoms with van der Waals surface area (Å²) >= 11 is 0. The first-order valence-corrected chi connectivity index (χ1v) is 9.74. The topological polar surface area (TPSA) is 61.4 Å². The normalized spacial score (nSPS) is 14.5.